The van der Waals surface area contributed by atoms with Crippen molar-refractivity contribution in [1.29, 1.82) is 0 Å². The van der Waals surface area contributed by atoms with Crippen LogP contribution in [-0.4, -0.2) is 10.1 Å². The number of nitrogens with zero attached hydrogens (tertiary/aromatic N) is 2. The van der Waals surface area contributed by atoms with Gasteiger partial charge in [0, 0.05) is 5.39 Å². The molecule has 0 saturated heterocycles. The fourth-order valence-corrected chi connectivity index (χ4v) is 1.99. The first-order valence-corrected chi connectivity index (χ1v) is 6.52. The van der Waals surface area contributed by atoms with Gasteiger partial charge in [-0.3, -0.25) is 0 Å². The average molecular weight is 271 g/mol. The van der Waals surface area contributed by atoms with Crippen LogP contribution in [0.1, 0.15) is 32.7 Å². The fraction of sp³-hybridized carbons (Fsp3) is 0.333. The van der Waals surface area contributed by atoms with E-state index in [1.54, 1.807) is 6.26 Å². The Kier molecular flexibility index (Phi) is 2.87. The van der Waals surface area contributed by atoms with Crippen LogP contribution >= 0.6 is 0 Å². The SMILES string of the molecule is CC(C)(C)[C@@H](N)c1nc(-c2coc3ccccc23)no1. The van der Waals surface area contributed by atoms with E-state index in [-0.39, 0.29) is 11.5 Å². The van der Waals surface area contributed by atoms with E-state index >= 15 is 0 Å². The van der Waals surface area contributed by atoms with Crippen molar-refractivity contribution in [2.75, 3.05) is 0 Å². The first-order chi connectivity index (χ1) is 9.47. The van der Waals surface area contributed by atoms with Crippen LogP contribution in [0.4, 0.5) is 0 Å². The summed E-state index contributed by atoms with van der Waals surface area (Å²) in [6, 6.07) is 7.44. The molecule has 0 unspecified atom stereocenters. The molecule has 1 aromatic carbocycles. The van der Waals surface area contributed by atoms with Gasteiger partial charge < -0.3 is 14.7 Å². The van der Waals surface area contributed by atoms with Crippen molar-refractivity contribution in [3.63, 3.8) is 0 Å². The topological polar surface area (TPSA) is 78.1 Å². The van der Waals surface area contributed by atoms with E-state index in [1.165, 1.54) is 0 Å². The van der Waals surface area contributed by atoms with Gasteiger partial charge in [-0.25, -0.2) is 0 Å². The van der Waals surface area contributed by atoms with E-state index in [2.05, 4.69) is 10.1 Å². The molecule has 0 amide bonds. The van der Waals surface area contributed by atoms with E-state index in [1.807, 2.05) is 45.0 Å². The number of furan rings is 1. The van der Waals surface area contributed by atoms with Crippen molar-refractivity contribution in [1.82, 2.24) is 10.1 Å². The molecule has 3 aromatic rings. The molecule has 0 aliphatic rings. The van der Waals surface area contributed by atoms with Gasteiger partial charge in [0.2, 0.25) is 11.7 Å². The van der Waals surface area contributed by atoms with Crippen LogP contribution in [0.15, 0.2) is 39.5 Å². The molecular formula is C15H17N3O2. The molecule has 0 saturated carbocycles. The molecule has 104 valence electrons. The quantitative estimate of drug-likeness (QED) is 0.771. The molecule has 0 spiro atoms. The predicted octanol–water partition coefficient (Wildman–Crippen LogP) is 3.53. The van der Waals surface area contributed by atoms with Gasteiger partial charge in [-0.15, -0.1) is 0 Å². The Morgan fingerprint density at radius 2 is 1.95 bits per heavy atom. The number of benzene rings is 1. The number of hydrogen-bond donors (Lipinski definition) is 1. The maximum absolute atomic E-state index is 6.13. The first-order valence-electron chi connectivity index (χ1n) is 6.52. The third-order valence-electron chi connectivity index (χ3n) is 3.36. The maximum atomic E-state index is 6.13. The Labute approximate surface area is 116 Å². The largest absolute Gasteiger partial charge is 0.464 e. The van der Waals surface area contributed by atoms with Gasteiger partial charge >= 0.3 is 0 Å². The molecule has 2 aromatic heterocycles. The van der Waals surface area contributed by atoms with Crippen molar-refractivity contribution >= 4 is 11.0 Å². The molecule has 5 nitrogen and oxygen atoms in total. The third kappa shape index (κ3) is 2.10. The lowest BCUT2D eigenvalue weighted by atomic mass is 9.87. The van der Waals surface area contributed by atoms with E-state index in [9.17, 15) is 0 Å². The van der Waals surface area contributed by atoms with Crippen LogP contribution in [0.3, 0.4) is 0 Å². The van der Waals surface area contributed by atoms with Crippen LogP contribution < -0.4 is 5.73 Å². The molecule has 3 rings (SSSR count). The first kappa shape index (κ1) is 12.9. The lowest BCUT2D eigenvalue weighted by Crippen LogP contribution is -2.26. The normalized spacial score (nSPS) is 13.8. The van der Waals surface area contributed by atoms with Gasteiger partial charge in [0.05, 0.1) is 11.6 Å². The van der Waals surface area contributed by atoms with Crippen LogP contribution in [-0.2, 0) is 0 Å². The van der Waals surface area contributed by atoms with E-state index in [4.69, 9.17) is 14.7 Å². The Morgan fingerprint density at radius 1 is 1.20 bits per heavy atom. The molecule has 0 aliphatic heterocycles. The molecule has 5 heteroatoms. The maximum Gasteiger partial charge on any atom is 0.244 e. The highest BCUT2D eigenvalue weighted by molar-refractivity contribution is 5.91. The molecule has 0 radical (unpaired) electrons. The van der Waals surface area contributed by atoms with Crippen molar-refractivity contribution in [2.24, 2.45) is 11.1 Å². The zero-order valence-electron chi connectivity index (χ0n) is 11.8. The Hall–Kier alpha value is -2.14. The molecule has 0 aliphatic carbocycles. The van der Waals surface area contributed by atoms with Crippen LogP contribution in [0.25, 0.3) is 22.4 Å². The van der Waals surface area contributed by atoms with Gasteiger partial charge in [0.1, 0.15) is 11.8 Å². The molecule has 20 heavy (non-hydrogen) atoms. The van der Waals surface area contributed by atoms with Crippen molar-refractivity contribution in [3.05, 3.63) is 36.4 Å². The zero-order chi connectivity index (χ0) is 14.3. The van der Waals surface area contributed by atoms with Gasteiger partial charge in [-0.2, -0.15) is 4.98 Å². The van der Waals surface area contributed by atoms with Crippen LogP contribution in [0.5, 0.6) is 0 Å². The van der Waals surface area contributed by atoms with Crippen molar-refractivity contribution in [2.45, 2.75) is 26.8 Å². The summed E-state index contributed by atoms with van der Waals surface area (Å²) in [5, 5.41) is 4.98. The smallest absolute Gasteiger partial charge is 0.244 e. The van der Waals surface area contributed by atoms with Gasteiger partial charge in [0.25, 0.3) is 0 Å². The summed E-state index contributed by atoms with van der Waals surface area (Å²) in [4.78, 5) is 4.41. The third-order valence-corrected chi connectivity index (χ3v) is 3.36. The lowest BCUT2D eigenvalue weighted by Gasteiger charge is -2.23. The molecule has 1 atom stereocenters. The standard InChI is InChI=1S/C15H17N3O2/c1-15(2,3)12(16)14-17-13(18-20-14)10-8-19-11-7-5-4-6-9(10)11/h4-8,12H,16H2,1-3H3/t12-/m0/s1. The summed E-state index contributed by atoms with van der Waals surface area (Å²) in [6.45, 7) is 6.11. The van der Waals surface area contributed by atoms with Gasteiger partial charge in [-0.1, -0.05) is 44.1 Å². The Morgan fingerprint density at radius 3 is 2.70 bits per heavy atom. The fourth-order valence-electron chi connectivity index (χ4n) is 1.99. The number of para-hydroxylation sites is 1. The second-order valence-corrected chi connectivity index (χ2v) is 5.95. The molecule has 0 fully saturated rings. The number of rotatable bonds is 2. The second-order valence-electron chi connectivity index (χ2n) is 5.95. The van der Waals surface area contributed by atoms with E-state index in [0.29, 0.717) is 11.7 Å². The minimum absolute atomic E-state index is 0.137. The predicted molar refractivity (Wildman–Crippen MR) is 75.9 cm³/mol. The van der Waals surface area contributed by atoms with E-state index < -0.39 is 0 Å². The van der Waals surface area contributed by atoms with Gasteiger partial charge in [-0.05, 0) is 11.5 Å². The molecular weight excluding hydrogens is 254 g/mol. The van der Waals surface area contributed by atoms with Crippen LogP contribution in [0, 0.1) is 5.41 Å². The summed E-state index contributed by atoms with van der Waals surface area (Å²) in [5.74, 6) is 0.947. The number of nitrogens with two attached hydrogens (primary N) is 1. The molecule has 0 bridgehead atoms. The minimum atomic E-state index is -0.304. The Bertz CT molecular complexity index is 737. The minimum Gasteiger partial charge on any atom is -0.464 e. The number of hydrogen-bond acceptors (Lipinski definition) is 5. The monoisotopic (exact) mass is 271 g/mol. The Balaban J connectivity index is 2.02. The van der Waals surface area contributed by atoms with Crippen molar-refractivity contribution < 1.29 is 8.94 Å². The summed E-state index contributed by atoms with van der Waals surface area (Å²) < 4.78 is 10.8. The lowest BCUT2D eigenvalue weighted by molar-refractivity contribution is 0.253. The van der Waals surface area contributed by atoms with Crippen molar-refractivity contribution in [3.8, 4) is 11.4 Å². The molecule has 2 N–H and O–H groups in total. The second kappa shape index (κ2) is 4.45. The molecule has 2 heterocycles. The summed E-state index contributed by atoms with van der Waals surface area (Å²) in [7, 11) is 0. The zero-order valence-corrected chi connectivity index (χ0v) is 11.8. The highest BCUT2D eigenvalue weighted by Crippen LogP contribution is 2.32. The number of fused-ring (bicyclic) bond motifs is 1. The number of aromatic nitrogens is 2. The highest BCUT2D eigenvalue weighted by Gasteiger charge is 2.28. The summed E-state index contributed by atoms with van der Waals surface area (Å²) >= 11 is 0. The summed E-state index contributed by atoms with van der Waals surface area (Å²) in [5.41, 5.74) is 7.61. The highest BCUT2D eigenvalue weighted by atomic mass is 16.5. The van der Waals surface area contributed by atoms with Crippen LogP contribution in [0.2, 0.25) is 0 Å². The average Bonchev–Trinajstić information content (AvgIpc) is 3.02. The van der Waals surface area contributed by atoms with E-state index in [0.717, 1.165) is 16.5 Å². The summed E-state index contributed by atoms with van der Waals surface area (Å²) in [6.07, 6.45) is 1.64. The van der Waals surface area contributed by atoms with Gasteiger partial charge in [0.15, 0.2) is 0 Å².